The molecule has 0 heterocycles. The number of rotatable bonds is 3. The first kappa shape index (κ1) is 12.4. The van der Waals surface area contributed by atoms with Crippen molar-refractivity contribution in [2.75, 3.05) is 6.61 Å². The lowest BCUT2D eigenvalue weighted by atomic mass is 10.1. The average molecular weight is 245 g/mol. The van der Waals surface area contributed by atoms with Gasteiger partial charge in [-0.25, -0.2) is 0 Å². The highest BCUT2D eigenvalue weighted by molar-refractivity contribution is 5.36. The van der Waals surface area contributed by atoms with Gasteiger partial charge in [0.2, 0.25) is 0 Å². The van der Waals surface area contributed by atoms with Gasteiger partial charge in [0, 0.05) is 6.42 Å². The molecular weight excluding hydrogens is 231 g/mol. The molecule has 0 aliphatic heterocycles. The van der Waals surface area contributed by atoms with Crippen molar-refractivity contribution < 1.29 is 17.9 Å². The second-order valence-corrected chi connectivity index (χ2v) is 4.20. The largest absolute Gasteiger partial charge is 0.391 e. The second kappa shape index (κ2) is 4.66. The molecule has 2 rings (SSSR count). The summed E-state index contributed by atoms with van der Waals surface area (Å²) in [5.74, 6) is 0. The van der Waals surface area contributed by atoms with Crippen molar-refractivity contribution in [3.8, 4) is 0 Å². The third-order valence-corrected chi connectivity index (χ3v) is 2.95. The third kappa shape index (κ3) is 2.98. The van der Waals surface area contributed by atoms with Gasteiger partial charge in [-0.3, -0.25) is 0 Å². The van der Waals surface area contributed by atoms with Gasteiger partial charge in [-0.15, -0.1) is 0 Å². The van der Waals surface area contributed by atoms with Gasteiger partial charge in [-0.2, -0.15) is 13.2 Å². The molecule has 0 aromatic heterocycles. The standard InChI is InChI=1S/C12H14F3NO/c13-12(14,15)5-6-17-10-7-8-3-1-2-4-9(8)11(10)16/h1-4,10-11H,5-7,16H2. The lowest BCUT2D eigenvalue weighted by molar-refractivity contribution is -0.149. The van der Waals surface area contributed by atoms with E-state index >= 15 is 0 Å². The first-order valence-electron chi connectivity index (χ1n) is 5.49. The van der Waals surface area contributed by atoms with E-state index in [2.05, 4.69) is 0 Å². The zero-order valence-electron chi connectivity index (χ0n) is 9.20. The van der Waals surface area contributed by atoms with E-state index in [1.54, 1.807) is 0 Å². The Morgan fingerprint density at radius 1 is 1.29 bits per heavy atom. The minimum Gasteiger partial charge on any atom is -0.376 e. The number of fused-ring (bicyclic) bond motifs is 1. The van der Waals surface area contributed by atoms with Gasteiger partial charge in [0.05, 0.1) is 25.2 Å². The van der Waals surface area contributed by atoms with E-state index in [1.807, 2.05) is 24.3 Å². The summed E-state index contributed by atoms with van der Waals surface area (Å²) in [7, 11) is 0. The molecule has 1 aromatic rings. The van der Waals surface area contributed by atoms with Gasteiger partial charge in [0.15, 0.2) is 0 Å². The third-order valence-electron chi connectivity index (χ3n) is 2.95. The molecule has 5 heteroatoms. The first-order chi connectivity index (χ1) is 7.97. The Bertz CT molecular complexity index is 392. The predicted octanol–water partition coefficient (Wildman–Crippen LogP) is 2.58. The molecule has 17 heavy (non-hydrogen) atoms. The van der Waals surface area contributed by atoms with Crippen LogP contribution >= 0.6 is 0 Å². The second-order valence-electron chi connectivity index (χ2n) is 4.20. The highest BCUT2D eigenvalue weighted by Gasteiger charge is 2.32. The van der Waals surface area contributed by atoms with Crippen molar-refractivity contribution in [2.24, 2.45) is 5.73 Å². The van der Waals surface area contributed by atoms with E-state index in [0.717, 1.165) is 11.1 Å². The van der Waals surface area contributed by atoms with Gasteiger partial charge in [0.1, 0.15) is 0 Å². The van der Waals surface area contributed by atoms with Crippen LogP contribution in [-0.4, -0.2) is 18.9 Å². The van der Waals surface area contributed by atoms with Crippen LogP contribution < -0.4 is 5.73 Å². The molecule has 1 aliphatic carbocycles. The molecule has 0 amide bonds. The molecule has 0 spiro atoms. The van der Waals surface area contributed by atoms with Gasteiger partial charge in [0.25, 0.3) is 0 Å². The van der Waals surface area contributed by atoms with Gasteiger partial charge in [-0.1, -0.05) is 24.3 Å². The molecule has 1 aliphatic rings. The number of alkyl halides is 3. The highest BCUT2D eigenvalue weighted by Crippen LogP contribution is 2.31. The Labute approximate surface area is 97.6 Å². The number of hydrogen-bond acceptors (Lipinski definition) is 2. The molecule has 2 atom stereocenters. The summed E-state index contributed by atoms with van der Waals surface area (Å²) in [4.78, 5) is 0. The van der Waals surface area contributed by atoms with Crippen LogP contribution in [0.15, 0.2) is 24.3 Å². The maximum absolute atomic E-state index is 12.0. The van der Waals surface area contributed by atoms with Crippen molar-refractivity contribution >= 4 is 0 Å². The van der Waals surface area contributed by atoms with Crippen LogP contribution in [0.25, 0.3) is 0 Å². The minimum absolute atomic E-state index is 0.320. The molecule has 0 bridgehead atoms. The Morgan fingerprint density at radius 3 is 2.65 bits per heavy atom. The molecule has 1 aromatic carbocycles. The number of benzene rings is 1. The van der Waals surface area contributed by atoms with E-state index < -0.39 is 12.6 Å². The Balaban J connectivity index is 1.90. The predicted molar refractivity (Wildman–Crippen MR) is 57.5 cm³/mol. The zero-order chi connectivity index (χ0) is 12.5. The van der Waals surface area contributed by atoms with Crippen molar-refractivity contribution in [1.29, 1.82) is 0 Å². The van der Waals surface area contributed by atoms with E-state index in [1.165, 1.54) is 0 Å². The lowest BCUT2D eigenvalue weighted by Gasteiger charge is -2.17. The lowest BCUT2D eigenvalue weighted by Crippen LogP contribution is -2.26. The molecule has 0 saturated carbocycles. The summed E-state index contributed by atoms with van der Waals surface area (Å²) >= 11 is 0. The van der Waals surface area contributed by atoms with E-state index in [0.29, 0.717) is 6.42 Å². The van der Waals surface area contributed by atoms with Crippen LogP contribution in [0.2, 0.25) is 0 Å². The fraction of sp³-hybridized carbons (Fsp3) is 0.500. The topological polar surface area (TPSA) is 35.2 Å². The monoisotopic (exact) mass is 245 g/mol. The van der Waals surface area contributed by atoms with E-state index in [9.17, 15) is 13.2 Å². The Kier molecular flexibility index (Phi) is 3.40. The molecule has 2 N–H and O–H groups in total. The maximum atomic E-state index is 12.0. The quantitative estimate of drug-likeness (QED) is 0.888. The maximum Gasteiger partial charge on any atom is 0.391 e. The van der Waals surface area contributed by atoms with Crippen LogP contribution in [0.5, 0.6) is 0 Å². The fourth-order valence-electron chi connectivity index (χ4n) is 2.08. The summed E-state index contributed by atoms with van der Waals surface area (Å²) < 4.78 is 41.2. The zero-order valence-corrected chi connectivity index (χ0v) is 9.20. The van der Waals surface area contributed by atoms with Gasteiger partial charge in [-0.05, 0) is 11.1 Å². The molecule has 0 fully saturated rings. The van der Waals surface area contributed by atoms with Crippen LogP contribution in [0.4, 0.5) is 13.2 Å². The van der Waals surface area contributed by atoms with Crippen LogP contribution in [0.3, 0.4) is 0 Å². The van der Waals surface area contributed by atoms with Crippen molar-refractivity contribution in [3.63, 3.8) is 0 Å². The summed E-state index contributed by atoms with van der Waals surface area (Å²) in [6.07, 6.45) is -4.84. The molecule has 0 saturated heterocycles. The van der Waals surface area contributed by atoms with Gasteiger partial charge < -0.3 is 10.5 Å². The average Bonchev–Trinajstić information content (AvgIpc) is 2.55. The number of ether oxygens (including phenoxy) is 1. The van der Waals surface area contributed by atoms with Crippen LogP contribution in [-0.2, 0) is 11.2 Å². The Morgan fingerprint density at radius 2 is 2.00 bits per heavy atom. The van der Waals surface area contributed by atoms with E-state index in [4.69, 9.17) is 10.5 Å². The molecule has 2 unspecified atom stereocenters. The molecule has 2 nitrogen and oxygen atoms in total. The molecule has 0 radical (unpaired) electrons. The summed E-state index contributed by atoms with van der Waals surface area (Å²) in [6, 6.07) is 7.27. The summed E-state index contributed by atoms with van der Waals surface area (Å²) in [6.45, 7) is -0.324. The smallest absolute Gasteiger partial charge is 0.376 e. The van der Waals surface area contributed by atoms with Crippen molar-refractivity contribution in [2.45, 2.75) is 31.2 Å². The van der Waals surface area contributed by atoms with Crippen LogP contribution in [0.1, 0.15) is 23.6 Å². The van der Waals surface area contributed by atoms with Crippen molar-refractivity contribution in [1.82, 2.24) is 0 Å². The fourth-order valence-corrected chi connectivity index (χ4v) is 2.08. The first-order valence-corrected chi connectivity index (χ1v) is 5.49. The Hall–Kier alpha value is -1.07. The summed E-state index contributed by atoms with van der Waals surface area (Å²) in [5, 5.41) is 0. The summed E-state index contributed by atoms with van der Waals surface area (Å²) in [5.41, 5.74) is 7.98. The van der Waals surface area contributed by atoms with E-state index in [-0.39, 0.29) is 18.8 Å². The molecule has 94 valence electrons. The van der Waals surface area contributed by atoms with Crippen LogP contribution in [0, 0.1) is 0 Å². The van der Waals surface area contributed by atoms with Crippen molar-refractivity contribution in [3.05, 3.63) is 35.4 Å². The number of halogens is 3. The molecular formula is C12H14F3NO. The minimum atomic E-state index is -4.17. The normalized spacial score (nSPS) is 23.8. The number of hydrogen-bond donors (Lipinski definition) is 1. The number of nitrogens with two attached hydrogens (primary N) is 1. The SMILES string of the molecule is NC1c2ccccc2CC1OCCC(F)(F)F. The van der Waals surface area contributed by atoms with Gasteiger partial charge >= 0.3 is 6.18 Å². The highest BCUT2D eigenvalue weighted by atomic mass is 19.4.